The Morgan fingerprint density at radius 3 is 2.16 bits per heavy atom. The van der Waals surface area contributed by atoms with E-state index in [1.54, 1.807) is 0 Å². The summed E-state index contributed by atoms with van der Waals surface area (Å²) < 4.78 is 60.9. The second-order valence-electron chi connectivity index (χ2n) is 8.52. The van der Waals surface area contributed by atoms with E-state index in [0.29, 0.717) is 10.7 Å². The van der Waals surface area contributed by atoms with E-state index >= 15 is 0 Å². The van der Waals surface area contributed by atoms with Crippen LogP contribution in [0, 0.1) is 0 Å². The number of carbonyl (C=O) groups excluding carboxylic acids is 1. The molecule has 196 valence electrons. The van der Waals surface area contributed by atoms with Gasteiger partial charge in [-0.3, -0.25) is 9.52 Å². The summed E-state index contributed by atoms with van der Waals surface area (Å²) in [6.07, 6.45) is 0.912. The van der Waals surface area contributed by atoms with E-state index in [0.717, 1.165) is 0 Å². The largest absolute Gasteiger partial charge is 0.373 e. The van der Waals surface area contributed by atoms with Gasteiger partial charge in [0.1, 0.15) is 0 Å². The van der Waals surface area contributed by atoms with Crippen molar-refractivity contribution in [2.24, 2.45) is 0 Å². The Labute approximate surface area is 220 Å². The first-order valence-corrected chi connectivity index (χ1v) is 14.6. The average Bonchev–Trinajstić information content (AvgIpc) is 2.84. The predicted molar refractivity (Wildman–Crippen MR) is 140 cm³/mol. The molecular formula is C24H25ClN4O6S2. The van der Waals surface area contributed by atoms with Gasteiger partial charge < -0.3 is 10.1 Å². The summed E-state index contributed by atoms with van der Waals surface area (Å²) in [7, 11) is -7.77. The number of halogens is 1. The number of aromatic nitrogens is 1. The lowest BCUT2D eigenvalue weighted by molar-refractivity contribution is -0.0440. The molecule has 0 aliphatic carbocycles. The third-order valence-electron chi connectivity index (χ3n) is 5.54. The minimum absolute atomic E-state index is 0.0203. The van der Waals surface area contributed by atoms with Gasteiger partial charge in [-0.1, -0.05) is 11.6 Å². The first-order valence-electron chi connectivity index (χ1n) is 11.3. The fraction of sp³-hybridized carbons (Fsp3) is 0.250. The van der Waals surface area contributed by atoms with Gasteiger partial charge in [-0.25, -0.2) is 21.8 Å². The molecule has 0 unspecified atom stereocenters. The van der Waals surface area contributed by atoms with Crippen LogP contribution in [0.25, 0.3) is 0 Å². The highest BCUT2D eigenvalue weighted by molar-refractivity contribution is 7.92. The van der Waals surface area contributed by atoms with E-state index in [-0.39, 0.29) is 46.5 Å². The van der Waals surface area contributed by atoms with Gasteiger partial charge in [-0.15, -0.1) is 0 Å². The van der Waals surface area contributed by atoms with Crippen LogP contribution in [0.4, 0.5) is 11.5 Å². The van der Waals surface area contributed by atoms with E-state index in [9.17, 15) is 21.6 Å². The predicted octanol–water partition coefficient (Wildman–Crippen LogP) is 3.59. The highest BCUT2D eigenvalue weighted by Crippen LogP contribution is 2.24. The lowest BCUT2D eigenvalue weighted by Crippen LogP contribution is -2.48. The maximum atomic E-state index is 13.0. The molecule has 4 rings (SSSR count). The van der Waals surface area contributed by atoms with Crippen LogP contribution in [0.5, 0.6) is 0 Å². The highest BCUT2D eigenvalue weighted by Gasteiger charge is 2.32. The third kappa shape index (κ3) is 6.28. The first-order chi connectivity index (χ1) is 17.5. The fourth-order valence-electron chi connectivity index (χ4n) is 3.85. The fourth-order valence-corrected chi connectivity index (χ4v) is 6.60. The van der Waals surface area contributed by atoms with Crippen LogP contribution in [-0.4, -0.2) is 57.3 Å². The Hall–Kier alpha value is -3.03. The number of nitrogens with one attached hydrogen (secondary N) is 2. The van der Waals surface area contributed by atoms with E-state index in [1.165, 1.54) is 71.2 Å². The van der Waals surface area contributed by atoms with Crippen molar-refractivity contribution in [2.45, 2.75) is 35.8 Å². The lowest BCUT2D eigenvalue weighted by atomic mass is 10.2. The number of benzene rings is 2. The molecule has 3 aromatic rings. The highest BCUT2D eigenvalue weighted by atomic mass is 35.5. The van der Waals surface area contributed by atoms with Crippen molar-refractivity contribution < 1.29 is 26.4 Å². The van der Waals surface area contributed by atoms with Crippen molar-refractivity contribution >= 4 is 49.1 Å². The number of rotatable bonds is 7. The molecule has 0 saturated carbocycles. The number of hydrogen-bond donors (Lipinski definition) is 2. The van der Waals surface area contributed by atoms with E-state index in [4.69, 9.17) is 16.3 Å². The number of nitrogens with zero attached hydrogens (tertiary/aromatic N) is 2. The summed E-state index contributed by atoms with van der Waals surface area (Å²) >= 11 is 5.83. The van der Waals surface area contributed by atoms with Crippen molar-refractivity contribution in [1.82, 2.24) is 9.29 Å². The molecule has 0 radical (unpaired) electrons. The standard InChI is InChI=1S/C24H25ClN4O6S2/c1-16-14-29(15-17(2)35-16)37(33,34)21-11-7-19(8-12-21)27-24(30)22-4-3-13-26-23(22)28-36(31,32)20-9-5-18(25)6-10-20/h3-13,16-17H,14-15H2,1-2H3,(H,26,28)(H,27,30)/t16-,17+. The number of sulfonamides is 2. The Bertz CT molecular complexity index is 1490. The lowest BCUT2D eigenvalue weighted by Gasteiger charge is -2.34. The van der Waals surface area contributed by atoms with Gasteiger partial charge in [0, 0.05) is 30.0 Å². The zero-order valence-electron chi connectivity index (χ0n) is 20.0. The molecule has 10 nitrogen and oxygen atoms in total. The molecule has 1 aliphatic rings. The minimum atomic E-state index is -4.03. The summed E-state index contributed by atoms with van der Waals surface area (Å²) in [4.78, 5) is 17.0. The molecule has 0 spiro atoms. The molecule has 13 heteroatoms. The quantitative estimate of drug-likeness (QED) is 0.448. The normalized spacial score (nSPS) is 18.8. The maximum absolute atomic E-state index is 13.0. The smallest absolute Gasteiger partial charge is 0.263 e. The molecule has 1 fully saturated rings. The van der Waals surface area contributed by atoms with Crippen LogP contribution in [0.15, 0.2) is 76.7 Å². The van der Waals surface area contributed by atoms with Gasteiger partial charge in [-0.2, -0.15) is 4.31 Å². The molecule has 0 bridgehead atoms. The van der Waals surface area contributed by atoms with Crippen LogP contribution in [0.3, 0.4) is 0 Å². The van der Waals surface area contributed by atoms with Crippen LogP contribution in [-0.2, 0) is 24.8 Å². The molecular weight excluding hydrogens is 540 g/mol. The monoisotopic (exact) mass is 564 g/mol. The Kier molecular flexibility index (Phi) is 7.85. The van der Waals surface area contributed by atoms with Crippen molar-refractivity contribution in [3.63, 3.8) is 0 Å². The second kappa shape index (κ2) is 10.8. The molecule has 1 aliphatic heterocycles. The number of pyridine rings is 1. The van der Waals surface area contributed by atoms with Gasteiger partial charge in [-0.05, 0) is 74.5 Å². The Morgan fingerprint density at radius 1 is 0.946 bits per heavy atom. The Balaban J connectivity index is 1.50. The summed E-state index contributed by atoms with van der Waals surface area (Å²) in [5.41, 5.74) is 0.302. The van der Waals surface area contributed by atoms with Gasteiger partial charge in [0.05, 0.1) is 27.6 Å². The van der Waals surface area contributed by atoms with Crippen molar-refractivity contribution in [3.8, 4) is 0 Å². The van der Waals surface area contributed by atoms with Crippen molar-refractivity contribution in [1.29, 1.82) is 0 Å². The zero-order valence-corrected chi connectivity index (χ0v) is 22.3. The van der Waals surface area contributed by atoms with Crippen molar-refractivity contribution in [2.75, 3.05) is 23.1 Å². The van der Waals surface area contributed by atoms with Crippen LogP contribution < -0.4 is 10.0 Å². The van der Waals surface area contributed by atoms with Crippen molar-refractivity contribution in [3.05, 3.63) is 77.4 Å². The Morgan fingerprint density at radius 2 is 1.54 bits per heavy atom. The number of hydrogen-bond acceptors (Lipinski definition) is 7. The third-order valence-corrected chi connectivity index (χ3v) is 9.00. The van der Waals surface area contributed by atoms with Gasteiger partial charge >= 0.3 is 0 Å². The molecule has 2 aromatic carbocycles. The maximum Gasteiger partial charge on any atom is 0.263 e. The van der Waals surface area contributed by atoms with Gasteiger partial charge in [0.25, 0.3) is 15.9 Å². The number of amides is 1. The van der Waals surface area contributed by atoms with Crippen LogP contribution in [0.2, 0.25) is 5.02 Å². The zero-order chi connectivity index (χ0) is 26.8. The average molecular weight is 565 g/mol. The molecule has 1 saturated heterocycles. The molecule has 2 heterocycles. The minimum Gasteiger partial charge on any atom is -0.373 e. The summed E-state index contributed by atoms with van der Waals surface area (Å²) in [6, 6.07) is 14.2. The number of carbonyl (C=O) groups is 1. The summed E-state index contributed by atoms with van der Waals surface area (Å²) in [5, 5.41) is 3.02. The van der Waals surface area contributed by atoms with E-state index in [2.05, 4.69) is 15.0 Å². The van der Waals surface area contributed by atoms with Crippen LogP contribution in [0.1, 0.15) is 24.2 Å². The van der Waals surface area contributed by atoms with E-state index < -0.39 is 26.0 Å². The number of anilines is 2. The van der Waals surface area contributed by atoms with Gasteiger partial charge in [0.2, 0.25) is 10.0 Å². The molecule has 1 aromatic heterocycles. The molecule has 2 N–H and O–H groups in total. The molecule has 1 amide bonds. The van der Waals surface area contributed by atoms with Crippen LogP contribution >= 0.6 is 11.6 Å². The number of ether oxygens (including phenoxy) is 1. The molecule has 2 atom stereocenters. The topological polar surface area (TPSA) is 135 Å². The van der Waals surface area contributed by atoms with Gasteiger partial charge in [0.15, 0.2) is 5.82 Å². The van der Waals surface area contributed by atoms with E-state index in [1.807, 2.05) is 13.8 Å². The summed E-state index contributed by atoms with van der Waals surface area (Å²) in [6.45, 7) is 4.14. The second-order valence-corrected chi connectivity index (χ2v) is 12.6. The molecule has 37 heavy (non-hydrogen) atoms. The number of morpholine rings is 1. The first kappa shape index (κ1) is 27.0. The summed E-state index contributed by atoms with van der Waals surface area (Å²) in [5.74, 6) is -0.793. The SMILES string of the molecule is C[C@@H]1CN(S(=O)(=O)c2ccc(NC(=O)c3cccnc3NS(=O)(=O)c3ccc(Cl)cc3)cc2)C[C@H](C)O1.